The Balaban J connectivity index is 2.27. The van der Waals surface area contributed by atoms with Gasteiger partial charge in [0.1, 0.15) is 0 Å². The fourth-order valence-corrected chi connectivity index (χ4v) is 1.47. The number of nitrogens with two attached hydrogens (primary N) is 1. The number of nitrogen functional groups attached to an aromatic ring is 1. The van der Waals surface area contributed by atoms with E-state index >= 15 is 0 Å². The summed E-state index contributed by atoms with van der Waals surface area (Å²) < 4.78 is 0. The molecule has 1 aromatic carbocycles. The molecule has 1 fully saturated rings. The van der Waals surface area contributed by atoms with Crippen LogP contribution in [0.4, 0.5) is 5.69 Å². The molecule has 0 amide bonds. The average molecular weight is 183 g/mol. The maximum Gasteiger partial charge on any atom is 0.0635 e. The Morgan fingerprint density at radius 1 is 1.50 bits per heavy atom. The van der Waals surface area contributed by atoms with Crippen LogP contribution in [0.15, 0.2) is 18.2 Å². The van der Waals surface area contributed by atoms with Crippen LogP contribution in [-0.2, 0) is 0 Å². The van der Waals surface area contributed by atoms with Crippen LogP contribution in [0.25, 0.3) is 0 Å². The summed E-state index contributed by atoms with van der Waals surface area (Å²) in [6.45, 7) is 1.10. The highest BCUT2D eigenvalue weighted by atomic mass is 35.5. The molecule has 12 heavy (non-hydrogen) atoms. The third kappa shape index (κ3) is 1.28. The van der Waals surface area contributed by atoms with Gasteiger partial charge in [-0.3, -0.25) is 0 Å². The van der Waals surface area contributed by atoms with Crippen molar-refractivity contribution in [2.75, 3.05) is 12.3 Å². The van der Waals surface area contributed by atoms with Crippen molar-refractivity contribution in [3.63, 3.8) is 0 Å². The molecular formula is C9H11ClN2. The first-order valence-corrected chi connectivity index (χ1v) is 4.43. The Labute approximate surface area is 76.7 Å². The first kappa shape index (κ1) is 7.90. The van der Waals surface area contributed by atoms with E-state index in [9.17, 15) is 0 Å². The molecule has 2 nitrogen and oxygen atoms in total. The van der Waals surface area contributed by atoms with Gasteiger partial charge < -0.3 is 11.1 Å². The lowest BCUT2D eigenvalue weighted by Crippen LogP contribution is -2.34. The molecule has 1 heterocycles. The highest BCUT2D eigenvalue weighted by molar-refractivity contribution is 6.33. The standard InChI is InChI=1S/C9H11ClN2/c10-7-2-1-6(5-8(7)11)9-3-4-12-9/h1-2,5,9,12H,3-4,11H2/t9-/m1/s1. The van der Waals surface area contributed by atoms with Gasteiger partial charge in [-0.25, -0.2) is 0 Å². The van der Waals surface area contributed by atoms with Gasteiger partial charge >= 0.3 is 0 Å². The van der Waals surface area contributed by atoms with E-state index in [2.05, 4.69) is 5.32 Å². The topological polar surface area (TPSA) is 38.0 Å². The van der Waals surface area contributed by atoms with Crippen molar-refractivity contribution in [2.45, 2.75) is 12.5 Å². The van der Waals surface area contributed by atoms with E-state index in [1.165, 1.54) is 12.0 Å². The SMILES string of the molecule is Nc1cc([C@H]2CCN2)ccc1Cl. The van der Waals surface area contributed by atoms with Gasteiger partial charge in [0.05, 0.1) is 10.7 Å². The second-order valence-electron chi connectivity index (χ2n) is 3.08. The van der Waals surface area contributed by atoms with Gasteiger partial charge in [-0.1, -0.05) is 17.7 Å². The zero-order valence-electron chi connectivity index (χ0n) is 6.68. The molecule has 1 aliphatic rings. The minimum Gasteiger partial charge on any atom is -0.398 e. The van der Waals surface area contributed by atoms with Crippen LogP contribution in [0.3, 0.4) is 0 Å². The molecule has 0 saturated carbocycles. The Morgan fingerprint density at radius 2 is 2.25 bits per heavy atom. The third-order valence-electron chi connectivity index (χ3n) is 2.25. The molecule has 3 N–H and O–H groups in total. The van der Waals surface area contributed by atoms with Crippen LogP contribution in [0.1, 0.15) is 18.0 Å². The van der Waals surface area contributed by atoms with Crippen LogP contribution in [0.2, 0.25) is 5.02 Å². The molecule has 3 heteroatoms. The summed E-state index contributed by atoms with van der Waals surface area (Å²) in [5, 5.41) is 3.95. The summed E-state index contributed by atoms with van der Waals surface area (Å²) >= 11 is 5.80. The molecule has 0 radical (unpaired) electrons. The van der Waals surface area contributed by atoms with Crippen LogP contribution < -0.4 is 11.1 Å². The van der Waals surface area contributed by atoms with E-state index in [0.717, 1.165) is 6.54 Å². The molecule has 2 rings (SSSR count). The first-order chi connectivity index (χ1) is 5.77. The van der Waals surface area contributed by atoms with Crippen LogP contribution in [-0.4, -0.2) is 6.54 Å². The summed E-state index contributed by atoms with van der Waals surface area (Å²) in [5.41, 5.74) is 7.59. The van der Waals surface area contributed by atoms with Crippen molar-refractivity contribution < 1.29 is 0 Å². The van der Waals surface area contributed by atoms with Gasteiger partial charge in [-0.05, 0) is 30.7 Å². The lowest BCUT2D eigenvalue weighted by atomic mass is 9.98. The average Bonchev–Trinajstić information content (AvgIpc) is 1.93. The van der Waals surface area contributed by atoms with Gasteiger partial charge in [0.25, 0.3) is 0 Å². The zero-order chi connectivity index (χ0) is 8.55. The molecule has 1 atom stereocenters. The molecule has 1 aromatic rings. The lowest BCUT2D eigenvalue weighted by molar-refractivity contribution is 0.383. The summed E-state index contributed by atoms with van der Waals surface area (Å²) in [6, 6.07) is 6.31. The first-order valence-electron chi connectivity index (χ1n) is 4.05. The van der Waals surface area contributed by atoms with Crippen LogP contribution >= 0.6 is 11.6 Å². The van der Waals surface area contributed by atoms with E-state index in [-0.39, 0.29) is 0 Å². The summed E-state index contributed by atoms with van der Waals surface area (Å²) in [6.07, 6.45) is 1.20. The van der Waals surface area contributed by atoms with E-state index in [1.807, 2.05) is 18.2 Å². The van der Waals surface area contributed by atoms with E-state index in [4.69, 9.17) is 17.3 Å². The number of rotatable bonds is 1. The maximum atomic E-state index is 5.80. The van der Waals surface area contributed by atoms with Crippen molar-refractivity contribution in [1.29, 1.82) is 0 Å². The lowest BCUT2D eigenvalue weighted by Gasteiger charge is -2.28. The van der Waals surface area contributed by atoms with Gasteiger partial charge in [0.15, 0.2) is 0 Å². The largest absolute Gasteiger partial charge is 0.398 e. The molecule has 0 aromatic heterocycles. The van der Waals surface area contributed by atoms with Gasteiger partial charge in [0.2, 0.25) is 0 Å². The third-order valence-corrected chi connectivity index (χ3v) is 2.59. The number of hydrogen-bond acceptors (Lipinski definition) is 2. The van der Waals surface area contributed by atoms with Gasteiger partial charge in [-0.15, -0.1) is 0 Å². The van der Waals surface area contributed by atoms with E-state index in [1.54, 1.807) is 0 Å². The number of anilines is 1. The Morgan fingerprint density at radius 3 is 2.75 bits per heavy atom. The minimum atomic E-state index is 0.490. The molecular weight excluding hydrogens is 172 g/mol. The molecule has 1 aliphatic heterocycles. The second-order valence-corrected chi connectivity index (χ2v) is 3.48. The van der Waals surface area contributed by atoms with Crippen molar-refractivity contribution >= 4 is 17.3 Å². The minimum absolute atomic E-state index is 0.490. The monoisotopic (exact) mass is 182 g/mol. The predicted octanol–water partition coefficient (Wildman–Crippen LogP) is 1.96. The number of benzene rings is 1. The summed E-state index contributed by atoms with van der Waals surface area (Å²) in [5.74, 6) is 0. The number of hydrogen-bond donors (Lipinski definition) is 2. The second kappa shape index (κ2) is 2.96. The molecule has 0 aliphatic carbocycles. The van der Waals surface area contributed by atoms with Crippen molar-refractivity contribution in [1.82, 2.24) is 5.32 Å². The van der Waals surface area contributed by atoms with Crippen molar-refractivity contribution in [3.05, 3.63) is 28.8 Å². The Bertz CT molecular complexity index is 295. The molecule has 0 bridgehead atoms. The molecule has 0 unspecified atom stereocenters. The maximum absolute atomic E-state index is 5.80. The summed E-state index contributed by atoms with van der Waals surface area (Å²) in [4.78, 5) is 0. The van der Waals surface area contributed by atoms with Gasteiger partial charge in [-0.2, -0.15) is 0 Å². The zero-order valence-corrected chi connectivity index (χ0v) is 7.43. The Hall–Kier alpha value is -0.730. The normalized spacial score (nSPS) is 21.9. The molecule has 1 saturated heterocycles. The molecule has 0 spiro atoms. The van der Waals surface area contributed by atoms with Crippen LogP contribution in [0, 0.1) is 0 Å². The van der Waals surface area contributed by atoms with E-state index < -0.39 is 0 Å². The fraction of sp³-hybridized carbons (Fsp3) is 0.333. The predicted molar refractivity (Wildman–Crippen MR) is 51.2 cm³/mol. The smallest absolute Gasteiger partial charge is 0.0635 e. The molecule has 64 valence electrons. The van der Waals surface area contributed by atoms with Crippen molar-refractivity contribution in [2.24, 2.45) is 0 Å². The van der Waals surface area contributed by atoms with Crippen LogP contribution in [0.5, 0.6) is 0 Å². The highest BCUT2D eigenvalue weighted by Crippen LogP contribution is 2.27. The van der Waals surface area contributed by atoms with E-state index in [0.29, 0.717) is 16.8 Å². The highest BCUT2D eigenvalue weighted by Gasteiger charge is 2.18. The quantitative estimate of drug-likeness (QED) is 0.652. The number of halogens is 1. The summed E-state index contributed by atoms with van der Waals surface area (Å²) in [7, 11) is 0. The van der Waals surface area contributed by atoms with Crippen molar-refractivity contribution in [3.8, 4) is 0 Å². The number of nitrogens with one attached hydrogen (secondary N) is 1. The Kier molecular flexibility index (Phi) is 1.95. The van der Waals surface area contributed by atoms with Gasteiger partial charge in [0, 0.05) is 6.04 Å². The fourth-order valence-electron chi connectivity index (χ4n) is 1.35.